The summed E-state index contributed by atoms with van der Waals surface area (Å²) in [6.45, 7) is 3.95. The summed E-state index contributed by atoms with van der Waals surface area (Å²) in [4.78, 5) is 9.14. The predicted octanol–water partition coefficient (Wildman–Crippen LogP) is 3.04. The Labute approximate surface area is 139 Å². The fourth-order valence-electron chi connectivity index (χ4n) is 2.53. The fourth-order valence-corrected chi connectivity index (χ4v) is 2.53. The molecule has 4 nitrogen and oxygen atoms in total. The van der Waals surface area contributed by atoms with Crippen molar-refractivity contribution in [2.24, 2.45) is 0 Å². The first-order valence-corrected chi connectivity index (χ1v) is 8.07. The normalized spacial score (nSPS) is 11.2. The van der Waals surface area contributed by atoms with Gasteiger partial charge in [0.25, 0.3) is 0 Å². The van der Waals surface area contributed by atoms with Crippen LogP contribution in [0.1, 0.15) is 17.7 Å². The van der Waals surface area contributed by atoms with Crippen molar-refractivity contribution in [1.29, 1.82) is 0 Å². The molecule has 0 amide bonds. The van der Waals surface area contributed by atoms with Crippen molar-refractivity contribution in [3.05, 3.63) is 59.9 Å². The van der Waals surface area contributed by atoms with Crippen LogP contribution in [-0.4, -0.2) is 49.1 Å². The topological polar surface area (TPSA) is 28.6 Å². The van der Waals surface area contributed by atoms with Gasteiger partial charge >= 0.3 is 0 Å². The Morgan fingerprint density at radius 1 is 0.957 bits per heavy atom. The zero-order valence-corrected chi connectivity index (χ0v) is 14.4. The maximum Gasteiger partial charge on any atom is 0.118 e. The lowest BCUT2D eigenvalue weighted by Crippen LogP contribution is -2.27. The van der Waals surface area contributed by atoms with E-state index in [0.29, 0.717) is 0 Å². The van der Waals surface area contributed by atoms with Gasteiger partial charge in [0.2, 0.25) is 0 Å². The van der Waals surface area contributed by atoms with Crippen LogP contribution < -0.4 is 4.74 Å². The van der Waals surface area contributed by atoms with Gasteiger partial charge in [-0.25, -0.2) is 0 Å². The highest BCUT2D eigenvalue weighted by Gasteiger charge is 2.08. The highest BCUT2D eigenvalue weighted by atomic mass is 16.5. The van der Waals surface area contributed by atoms with E-state index < -0.39 is 0 Å². The molecule has 0 fully saturated rings. The number of rotatable bonds is 9. The standard InChI is InChI=1S/C19H27N3O/c1-21(2)13-6-14-22(16-18-7-4-5-12-20-18)15-17-8-10-19(23-3)11-9-17/h4-5,7-12H,6,13-16H2,1-3H3. The zero-order chi connectivity index (χ0) is 16.5. The van der Waals surface area contributed by atoms with Gasteiger partial charge in [0.15, 0.2) is 0 Å². The summed E-state index contributed by atoms with van der Waals surface area (Å²) in [5, 5.41) is 0. The molecule has 0 N–H and O–H groups in total. The largest absolute Gasteiger partial charge is 0.497 e. The Hall–Kier alpha value is -1.91. The van der Waals surface area contributed by atoms with Crippen molar-refractivity contribution in [2.75, 3.05) is 34.3 Å². The number of pyridine rings is 1. The molecule has 0 radical (unpaired) electrons. The molecule has 4 heteroatoms. The maximum atomic E-state index is 5.23. The minimum atomic E-state index is 0.875. The van der Waals surface area contributed by atoms with Gasteiger partial charge in [0.05, 0.1) is 12.8 Å². The molecule has 0 atom stereocenters. The number of hydrogen-bond donors (Lipinski definition) is 0. The average Bonchev–Trinajstić information content (AvgIpc) is 2.56. The van der Waals surface area contributed by atoms with E-state index in [-0.39, 0.29) is 0 Å². The molecular weight excluding hydrogens is 286 g/mol. The van der Waals surface area contributed by atoms with E-state index >= 15 is 0 Å². The van der Waals surface area contributed by atoms with Crippen molar-refractivity contribution in [3.8, 4) is 5.75 Å². The Morgan fingerprint density at radius 2 is 1.74 bits per heavy atom. The third-order valence-corrected chi connectivity index (χ3v) is 3.76. The second kappa shape index (κ2) is 9.28. The second-order valence-corrected chi connectivity index (χ2v) is 6.04. The lowest BCUT2D eigenvalue weighted by molar-refractivity contribution is 0.237. The first-order chi connectivity index (χ1) is 11.2. The quantitative estimate of drug-likeness (QED) is 0.711. The SMILES string of the molecule is COc1ccc(CN(CCCN(C)C)Cc2ccccn2)cc1. The van der Waals surface area contributed by atoms with Crippen LogP contribution in [0.25, 0.3) is 0 Å². The Kier molecular flexibility index (Phi) is 7.04. The zero-order valence-electron chi connectivity index (χ0n) is 14.4. The van der Waals surface area contributed by atoms with E-state index in [0.717, 1.165) is 44.0 Å². The van der Waals surface area contributed by atoms with Crippen LogP contribution in [0.15, 0.2) is 48.7 Å². The summed E-state index contributed by atoms with van der Waals surface area (Å²) < 4.78 is 5.23. The van der Waals surface area contributed by atoms with Crippen molar-refractivity contribution in [3.63, 3.8) is 0 Å². The van der Waals surface area contributed by atoms with Gasteiger partial charge in [-0.1, -0.05) is 18.2 Å². The molecule has 0 saturated carbocycles. The lowest BCUT2D eigenvalue weighted by Gasteiger charge is -2.23. The number of hydrogen-bond acceptors (Lipinski definition) is 4. The van der Waals surface area contributed by atoms with E-state index in [9.17, 15) is 0 Å². The molecule has 1 heterocycles. The van der Waals surface area contributed by atoms with Crippen molar-refractivity contribution >= 4 is 0 Å². The molecule has 23 heavy (non-hydrogen) atoms. The molecule has 0 bridgehead atoms. The molecule has 0 aliphatic rings. The van der Waals surface area contributed by atoms with E-state index in [1.807, 2.05) is 30.5 Å². The van der Waals surface area contributed by atoms with Crippen molar-refractivity contribution in [2.45, 2.75) is 19.5 Å². The van der Waals surface area contributed by atoms with Crippen LogP contribution in [0.2, 0.25) is 0 Å². The first-order valence-electron chi connectivity index (χ1n) is 8.07. The molecule has 0 unspecified atom stereocenters. The highest BCUT2D eigenvalue weighted by molar-refractivity contribution is 5.27. The maximum absolute atomic E-state index is 5.23. The molecule has 0 spiro atoms. The number of aromatic nitrogens is 1. The summed E-state index contributed by atoms with van der Waals surface area (Å²) in [7, 11) is 5.93. The van der Waals surface area contributed by atoms with Gasteiger partial charge in [-0.3, -0.25) is 9.88 Å². The summed E-state index contributed by atoms with van der Waals surface area (Å²) in [5.41, 5.74) is 2.41. The number of benzene rings is 1. The lowest BCUT2D eigenvalue weighted by atomic mass is 10.2. The van der Waals surface area contributed by atoms with E-state index in [1.165, 1.54) is 5.56 Å². The Bertz CT molecular complexity index is 555. The molecule has 1 aromatic heterocycles. The Balaban J connectivity index is 1.99. The van der Waals surface area contributed by atoms with Crippen molar-refractivity contribution in [1.82, 2.24) is 14.8 Å². The molecule has 124 valence electrons. The van der Waals surface area contributed by atoms with Gasteiger partial charge < -0.3 is 9.64 Å². The van der Waals surface area contributed by atoms with Crippen LogP contribution in [0.5, 0.6) is 5.75 Å². The molecule has 1 aromatic carbocycles. The molecule has 0 aliphatic heterocycles. The van der Waals surface area contributed by atoms with Crippen molar-refractivity contribution < 1.29 is 4.74 Å². The van der Waals surface area contributed by atoms with Crippen LogP contribution in [0.3, 0.4) is 0 Å². The monoisotopic (exact) mass is 313 g/mol. The molecule has 2 rings (SSSR count). The number of ether oxygens (including phenoxy) is 1. The molecule has 2 aromatic rings. The first kappa shape index (κ1) is 17.4. The average molecular weight is 313 g/mol. The van der Waals surface area contributed by atoms with Crippen LogP contribution in [0, 0.1) is 0 Å². The highest BCUT2D eigenvalue weighted by Crippen LogP contribution is 2.14. The summed E-state index contributed by atoms with van der Waals surface area (Å²) >= 11 is 0. The van der Waals surface area contributed by atoms with Gasteiger partial charge in [-0.2, -0.15) is 0 Å². The van der Waals surface area contributed by atoms with E-state index in [4.69, 9.17) is 4.74 Å². The third kappa shape index (κ3) is 6.38. The summed E-state index contributed by atoms with van der Waals surface area (Å²) in [5.74, 6) is 0.901. The minimum absolute atomic E-state index is 0.875. The molecule has 0 saturated heterocycles. The summed E-state index contributed by atoms with van der Waals surface area (Å²) in [6.07, 6.45) is 3.01. The van der Waals surface area contributed by atoms with Gasteiger partial charge in [-0.15, -0.1) is 0 Å². The number of methoxy groups -OCH3 is 1. The minimum Gasteiger partial charge on any atom is -0.497 e. The van der Waals surface area contributed by atoms with E-state index in [2.05, 4.69) is 47.1 Å². The second-order valence-electron chi connectivity index (χ2n) is 6.04. The van der Waals surface area contributed by atoms with Gasteiger partial charge in [0, 0.05) is 25.8 Å². The molecular formula is C19H27N3O. The van der Waals surface area contributed by atoms with Crippen LogP contribution in [-0.2, 0) is 13.1 Å². The predicted molar refractivity (Wildman–Crippen MR) is 94.5 cm³/mol. The van der Waals surface area contributed by atoms with Crippen LogP contribution >= 0.6 is 0 Å². The van der Waals surface area contributed by atoms with Gasteiger partial charge in [0.1, 0.15) is 5.75 Å². The summed E-state index contributed by atoms with van der Waals surface area (Å²) in [6, 6.07) is 14.4. The van der Waals surface area contributed by atoms with E-state index in [1.54, 1.807) is 7.11 Å². The molecule has 0 aliphatic carbocycles. The Morgan fingerprint density at radius 3 is 2.35 bits per heavy atom. The number of nitrogens with zero attached hydrogens (tertiary/aromatic N) is 3. The third-order valence-electron chi connectivity index (χ3n) is 3.76. The smallest absolute Gasteiger partial charge is 0.118 e. The van der Waals surface area contributed by atoms with Crippen LogP contribution in [0.4, 0.5) is 0 Å². The fraction of sp³-hybridized carbons (Fsp3) is 0.421. The van der Waals surface area contributed by atoms with Gasteiger partial charge in [-0.05, 0) is 56.9 Å².